The molecule has 0 radical (unpaired) electrons. The van der Waals surface area contributed by atoms with Crippen LogP contribution in [0.5, 0.6) is 0 Å². The second kappa shape index (κ2) is 6.53. The molecule has 0 aliphatic heterocycles. The molecule has 1 saturated carbocycles. The minimum Gasteiger partial charge on any atom is -0.365 e. The zero-order valence-electron chi connectivity index (χ0n) is 14.2. The fourth-order valence-electron chi connectivity index (χ4n) is 3.33. The lowest BCUT2D eigenvalue weighted by atomic mass is 10.0. The van der Waals surface area contributed by atoms with Crippen LogP contribution < -0.4 is 5.32 Å². The number of hydrogen-bond donors (Lipinski definition) is 1. The zero-order chi connectivity index (χ0) is 17.3. The Morgan fingerprint density at radius 2 is 1.96 bits per heavy atom. The number of fused-ring (bicyclic) bond motifs is 1. The normalized spacial score (nSPS) is 15.2. The molecule has 0 saturated heterocycles. The minimum atomic E-state index is 0.406. The van der Waals surface area contributed by atoms with Crippen molar-refractivity contribution in [3.05, 3.63) is 64.9 Å². The highest BCUT2D eigenvalue weighted by Gasteiger charge is 2.31. The fraction of sp³-hybridized carbons (Fsp3) is 0.250. The first-order valence-corrected chi connectivity index (χ1v) is 9.86. The molecule has 1 aliphatic rings. The number of thiophene rings is 1. The van der Waals surface area contributed by atoms with Crippen molar-refractivity contribution in [3.63, 3.8) is 0 Å². The van der Waals surface area contributed by atoms with Crippen LogP contribution >= 0.6 is 11.3 Å². The monoisotopic (exact) mass is 361 g/mol. The van der Waals surface area contributed by atoms with Gasteiger partial charge in [-0.2, -0.15) is 15.9 Å². The average Bonchev–Trinajstić information content (AvgIpc) is 3.22. The number of anilines is 1. The molecular formula is C20H19N5S. The van der Waals surface area contributed by atoms with E-state index in [1.807, 2.05) is 28.1 Å². The molecule has 1 atom stereocenters. The standard InChI is InChI=1S/C20H19N5S/c1-2-4-14(5-3-1)12-17(15-6-7-15)21-18-8-9-19-22-23-20(25(19)24-18)16-10-11-26-13-16/h1-5,8-11,13,15,17H,6-7,12H2,(H,21,24). The first-order valence-electron chi connectivity index (χ1n) is 8.92. The van der Waals surface area contributed by atoms with Crippen LogP contribution in [0.1, 0.15) is 18.4 Å². The van der Waals surface area contributed by atoms with E-state index < -0.39 is 0 Å². The number of aromatic nitrogens is 4. The summed E-state index contributed by atoms with van der Waals surface area (Å²) in [4.78, 5) is 0. The van der Waals surface area contributed by atoms with Gasteiger partial charge in [0, 0.05) is 17.0 Å². The highest BCUT2D eigenvalue weighted by molar-refractivity contribution is 7.08. The fourth-order valence-corrected chi connectivity index (χ4v) is 3.96. The lowest BCUT2D eigenvalue weighted by Gasteiger charge is -2.19. The van der Waals surface area contributed by atoms with Crippen LogP contribution in [0.25, 0.3) is 17.0 Å². The largest absolute Gasteiger partial charge is 0.365 e. The summed E-state index contributed by atoms with van der Waals surface area (Å²) in [7, 11) is 0. The number of nitrogens with one attached hydrogen (secondary N) is 1. The zero-order valence-corrected chi connectivity index (χ0v) is 15.1. The number of hydrogen-bond acceptors (Lipinski definition) is 5. The maximum Gasteiger partial charge on any atom is 0.186 e. The van der Waals surface area contributed by atoms with Gasteiger partial charge in [0.25, 0.3) is 0 Å². The molecule has 0 amide bonds. The van der Waals surface area contributed by atoms with E-state index in [4.69, 9.17) is 5.10 Å². The second-order valence-electron chi connectivity index (χ2n) is 6.80. The molecule has 5 nitrogen and oxygen atoms in total. The topological polar surface area (TPSA) is 55.1 Å². The Bertz CT molecular complexity index is 1010. The van der Waals surface area contributed by atoms with Gasteiger partial charge in [-0.1, -0.05) is 30.3 Å². The van der Waals surface area contributed by atoms with Gasteiger partial charge in [-0.05, 0) is 54.3 Å². The number of benzene rings is 1. The molecule has 1 aromatic carbocycles. The SMILES string of the molecule is c1ccc(CC(Nc2ccc3nnc(-c4ccsc4)n3n2)C2CC2)cc1. The van der Waals surface area contributed by atoms with Crippen molar-refractivity contribution in [1.82, 2.24) is 19.8 Å². The molecule has 0 spiro atoms. The van der Waals surface area contributed by atoms with E-state index in [9.17, 15) is 0 Å². The molecule has 3 aromatic heterocycles. The van der Waals surface area contributed by atoms with E-state index in [2.05, 4.69) is 51.2 Å². The van der Waals surface area contributed by atoms with Crippen LogP contribution in [0.2, 0.25) is 0 Å². The molecule has 1 aliphatic carbocycles. The van der Waals surface area contributed by atoms with E-state index >= 15 is 0 Å². The van der Waals surface area contributed by atoms with Gasteiger partial charge in [-0.25, -0.2) is 0 Å². The predicted molar refractivity (Wildman–Crippen MR) is 104 cm³/mol. The van der Waals surface area contributed by atoms with Crippen molar-refractivity contribution in [1.29, 1.82) is 0 Å². The maximum atomic E-state index is 4.77. The summed E-state index contributed by atoms with van der Waals surface area (Å²) in [6, 6.07) is 17.1. The lowest BCUT2D eigenvalue weighted by molar-refractivity contribution is 0.627. The Morgan fingerprint density at radius 3 is 2.73 bits per heavy atom. The first-order chi connectivity index (χ1) is 12.9. The Morgan fingerprint density at radius 1 is 1.08 bits per heavy atom. The third-order valence-electron chi connectivity index (χ3n) is 4.86. The van der Waals surface area contributed by atoms with Gasteiger partial charge in [0.05, 0.1) is 0 Å². The van der Waals surface area contributed by atoms with E-state index in [0.29, 0.717) is 6.04 Å². The average molecular weight is 361 g/mol. The van der Waals surface area contributed by atoms with Gasteiger partial charge in [0.15, 0.2) is 11.5 Å². The Labute approximate surface area is 155 Å². The van der Waals surface area contributed by atoms with Crippen molar-refractivity contribution >= 4 is 22.8 Å². The smallest absolute Gasteiger partial charge is 0.186 e. The van der Waals surface area contributed by atoms with Crippen LogP contribution in [0, 0.1) is 5.92 Å². The molecule has 0 bridgehead atoms. The van der Waals surface area contributed by atoms with Crippen LogP contribution in [0.3, 0.4) is 0 Å². The van der Waals surface area contributed by atoms with Gasteiger partial charge in [-0.15, -0.1) is 15.3 Å². The summed E-state index contributed by atoms with van der Waals surface area (Å²) in [6.07, 6.45) is 3.60. The molecule has 5 rings (SSSR count). The van der Waals surface area contributed by atoms with Gasteiger partial charge >= 0.3 is 0 Å². The Balaban J connectivity index is 1.43. The van der Waals surface area contributed by atoms with E-state index in [1.54, 1.807) is 11.3 Å². The molecule has 4 aromatic rings. The molecular weight excluding hydrogens is 342 g/mol. The highest BCUT2D eigenvalue weighted by atomic mass is 32.1. The molecule has 1 fully saturated rings. The second-order valence-corrected chi connectivity index (χ2v) is 7.58. The molecule has 1 N–H and O–H groups in total. The van der Waals surface area contributed by atoms with Gasteiger partial charge in [0.1, 0.15) is 5.82 Å². The summed E-state index contributed by atoms with van der Waals surface area (Å²) in [6.45, 7) is 0. The predicted octanol–water partition coefficient (Wildman–Crippen LogP) is 4.29. The Hall–Kier alpha value is -2.73. The Kier molecular flexibility index (Phi) is 3.90. The van der Waals surface area contributed by atoms with Crippen molar-refractivity contribution in [2.75, 3.05) is 5.32 Å². The third kappa shape index (κ3) is 3.08. The van der Waals surface area contributed by atoms with Crippen LogP contribution in [-0.2, 0) is 6.42 Å². The van der Waals surface area contributed by atoms with Crippen molar-refractivity contribution in [2.24, 2.45) is 5.92 Å². The quantitative estimate of drug-likeness (QED) is 0.557. The number of rotatable bonds is 6. The van der Waals surface area contributed by atoms with Crippen molar-refractivity contribution in [2.45, 2.75) is 25.3 Å². The van der Waals surface area contributed by atoms with Crippen LogP contribution in [0.15, 0.2) is 59.3 Å². The molecule has 1 unspecified atom stereocenters. The molecule has 26 heavy (non-hydrogen) atoms. The summed E-state index contributed by atoms with van der Waals surface area (Å²) >= 11 is 1.65. The maximum absolute atomic E-state index is 4.77. The molecule has 3 heterocycles. The highest BCUT2D eigenvalue weighted by Crippen LogP contribution is 2.35. The van der Waals surface area contributed by atoms with Gasteiger partial charge in [-0.3, -0.25) is 0 Å². The van der Waals surface area contributed by atoms with Crippen molar-refractivity contribution in [3.8, 4) is 11.4 Å². The van der Waals surface area contributed by atoms with Gasteiger partial charge < -0.3 is 5.32 Å². The third-order valence-corrected chi connectivity index (χ3v) is 5.55. The van der Waals surface area contributed by atoms with E-state index in [0.717, 1.165) is 35.2 Å². The summed E-state index contributed by atoms with van der Waals surface area (Å²) in [5.74, 6) is 2.39. The lowest BCUT2D eigenvalue weighted by Crippen LogP contribution is -2.25. The minimum absolute atomic E-state index is 0.406. The van der Waals surface area contributed by atoms with Crippen LogP contribution in [0.4, 0.5) is 5.82 Å². The molecule has 130 valence electrons. The summed E-state index contributed by atoms with van der Waals surface area (Å²) in [5.41, 5.74) is 3.18. The van der Waals surface area contributed by atoms with Gasteiger partial charge in [0.2, 0.25) is 0 Å². The van der Waals surface area contributed by atoms with Crippen molar-refractivity contribution < 1.29 is 0 Å². The number of nitrogens with zero attached hydrogens (tertiary/aromatic N) is 4. The van der Waals surface area contributed by atoms with Crippen LogP contribution in [-0.4, -0.2) is 25.9 Å². The summed E-state index contributed by atoms with van der Waals surface area (Å²) < 4.78 is 1.83. The van der Waals surface area contributed by atoms with E-state index in [-0.39, 0.29) is 0 Å². The van der Waals surface area contributed by atoms with E-state index in [1.165, 1.54) is 18.4 Å². The molecule has 6 heteroatoms. The first kappa shape index (κ1) is 15.5. The summed E-state index contributed by atoms with van der Waals surface area (Å²) in [5, 5.41) is 21.1.